The van der Waals surface area contributed by atoms with E-state index in [9.17, 15) is 18.8 Å². The van der Waals surface area contributed by atoms with Gasteiger partial charge in [-0.3, -0.25) is 10.0 Å². The van der Waals surface area contributed by atoms with Crippen molar-refractivity contribution in [2.75, 3.05) is 0 Å². The van der Waals surface area contributed by atoms with E-state index in [1.807, 2.05) is 0 Å². The molecule has 0 radical (unpaired) electrons. The van der Waals surface area contributed by atoms with Gasteiger partial charge in [0.15, 0.2) is 0 Å². The molecule has 0 aliphatic rings. The van der Waals surface area contributed by atoms with Crippen LogP contribution in [0.2, 0.25) is 0 Å². The minimum atomic E-state index is -0.582. The van der Waals surface area contributed by atoms with Gasteiger partial charge in [0.25, 0.3) is 0 Å². The summed E-state index contributed by atoms with van der Waals surface area (Å²) in [6, 6.07) is 9.86. The highest BCUT2D eigenvalue weighted by molar-refractivity contribution is 5.73. The molecule has 0 aliphatic heterocycles. The molecular formula is C18H17F2NO2. The molecule has 0 saturated heterocycles. The van der Waals surface area contributed by atoms with Crippen LogP contribution in [0.15, 0.2) is 48.5 Å². The number of carbonyl (C=O) groups excluding carboxylic acids is 1. The van der Waals surface area contributed by atoms with Crippen LogP contribution in [0.4, 0.5) is 8.78 Å². The number of carbonyl (C=O) groups is 1. The van der Waals surface area contributed by atoms with Gasteiger partial charge in [0.2, 0.25) is 5.91 Å². The van der Waals surface area contributed by atoms with Crippen molar-refractivity contribution in [3.63, 3.8) is 0 Å². The van der Waals surface area contributed by atoms with E-state index in [1.165, 1.54) is 43.3 Å². The molecule has 2 rings (SSSR count). The maximum atomic E-state index is 14.6. The monoisotopic (exact) mass is 317 g/mol. The number of benzene rings is 2. The van der Waals surface area contributed by atoms with Crippen molar-refractivity contribution in [3.8, 4) is 11.1 Å². The molecule has 1 atom stereocenters. The SMILES string of the molecule is CC(=O)N(O)[C@@H](C)/C=C/c1cccc(-c2ccc(F)cc2)c1F. The molecule has 0 unspecified atom stereocenters. The molecule has 0 fully saturated rings. The summed E-state index contributed by atoms with van der Waals surface area (Å²) in [7, 11) is 0. The lowest BCUT2D eigenvalue weighted by Gasteiger charge is -2.17. The Morgan fingerprint density at radius 3 is 2.43 bits per heavy atom. The molecule has 2 aromatic rings. The minimum absolute atomic E-state index is 0.315. The molecule has 120 valence electrons. The highest BCUT2D eigenvalue weighted by Gasteiger charge is 2.12. The lowest BCUT2D eigenvalue weighted by atomic mass is 10.0. The molecule has 5 heteroatoms. The van der Waals surface area contributed by atoms with Crippen LogP contribution < -0.4 is 0 Å². The third-order valence-electron chi connectivity index (χ3n) is 3.45. The van der Waals surface area contributed by atoms with Crippen LogP contribution in [0.1, 0.15) is 19.4 Å². The number of nitrogens with zero attached hydrogens (tertiary/aromatic N) is 1. The van der Waals surface area contributed by atoms with Gasteiger partial charge in [-0.25, -0.2) is 13.8 Å². The summed E-state index contributed by atoms with van der Waals surface area (Å²) in [6.07, 6.45) is 3.02. The number of hydrogen-bond acceptors (Lipinski definition) is 2. The third kappa shape index (κ3) is 4.02. The van der Waals surface area contributed by atoms with Gasteiger partial charge in [-0.1, -0.05) is 42.5 Å². The van der Waals surface area contributed by atoms with Gasteiger partial charge >= 0.3 is 0 Å². The highest BCUT2D eigenvalue weighted by Crippen LogP contribution is 2.26. The number of amides is 1. The molecule has 0 spiro atoms. The largest absolute Gasteiger partial charge is 0.285 e. The average molecular weight is 317 g/mol. The van der Waals surface area contributed by atoms with Crippen molar-refractivity contribution in [1.82, 2.24) is 5.06 Å². The summed E-state index contributed by atoms with van der Waals surface area (Å²) in [5.74, 6) is -1.33. The number of hydrogen-bond donors (Lipinski definition) is 1. The van der Waals surface area contributed by atoms with Crippen molar-refractivity contribution in [3.05, 3.63) is 65.7 Å². The van der Waals surface area contributed by atoms with Crippen molar-refractivity contribution >= 4 is 12.0 Å². The van der Waals surface area contributed by atoms with Gasteiger partial charge in [0.05, 0.1) is 6.04 Å². The summed E-state index contributed by atoms with van der Waals surface area (Å²) in [4.78, 5) is 11.1. The van der Waals surface area contributed by atoms with E-state index in [2.05, 4.69) is 0 Å². The Kier molecular flexibility index (Phi) is 5.24. The van der Waals surface area contributed by atoms with Crippen molar-refractivity contribution < 1.29 is 18.8 Å². The van der Waals surface area contributed by atoms with Crippen LogP contribution in [0, 0.1) is 11.6 Å². The summed E-state index contributed by atoms with van der Waals surface area (Å²) in [5, 5.41) is 10.1. The maximum absolute atomic E-state index is 14.6. The van der Waals surface area contributed by atoms with Crippen LogP contribution in [0.5, 0.6) is 0 Å². The lowest BCUT2D eigenvalue weighted by molar-refractivity contribution is -0.167. The van der Waals surface area contributed by atoms with Crippen LogP contribution in [0.3, 0.4) is 0 Å². The van der Waals surface area contributed by atoms with E-state index in [-0.39, 0.29) is 5.82 Å². The van der Waals surface area contributed by atoms with Gasteiger partial charge in [0, 0.05) is 18.1 Å². The Morgan fingerprint density at radius 1 is 1.17 bits per heavy atom. The summed E-state index contributed by atoms with van der Waals surface area (Å²) in [5.41, 5.74) is 1.24. The van der Waals surface area contributed by atoms with E-state index in [1.54, 1.807) is 25.1 Å². The first-order valence-electron chi connectivity index (χ1n) is 7.11. The Bertz CT molecular complexity index is 726. The lowest BCUT2D eigenvalue weighted by Crippen LogP contribution is -2.32. The Labute approximate surface area is 133 Å². The van der Waals surface area contributed by atoms with Crippen molar-refractivity contribution in [2.45, 2.75) is 19.9 Å². The van der Waals surface area contributed by atoms with Gasteiger partial charge in [-0.05, 0) is 24.6 Å². The van der Waals surface area contributed by atoms with E-state index < -0.39 is 17.8 Å². The van der Waals surface area contributed by atoms with Crippen LogP contribution >= 0.6 is 0 Å². The fourth-order valence-corrected chi connectivity index (χ4v) is 2.14. The smallest absolute Gasteiger partial charge is 0.243 e. The van der Waals surface area contributed by atoms with E-state index in [4.69, 9.17) is 0 Å². The summed E-state index contributed by atoms with van der Waals surface area (Å²) >= 11 is 0. The normalized spacial score (nSPS) is 12.4. The molecule has 1 N–H and O–H groups in total. The Morgan fingerprint density at radius 2 is 1.83 bits per heavy atom. The zero-order valence-electron chi connectivity index (χ0n) is 12.8. The first-order valence-corrected chi connectivity index (χ1v) is 7.11. The van der Waals surface area contributed by atoms with Gasteiger partial charge in [-0.15, -0.1) is 0 Å². The molecule has 23 heavy (non-hydrogen) atoms. The second-order valence-corrected chi connectivity index (χ2v) is 5.18. The van der Waals surface area contributed by atoms with Gasteiger partial charge in [0.1, 0.15) is 11.6 Å². The maximum Gasteiger partial charge on any atom is 0.243 e. The molecule has 1 amide bonds. The zero-order chi connectivity index (χ0) is 17.0. The van der Waals surface area contributed by atoms with Crippen LogP contribution in [-0.4, -0.2) is 22.2 Å². The van der Waals surface area contributed by atoms with Crippen molar-refractivity contribution in [1.29, 1.82) is 0 Å². The van der Waals surface area contributed by atoms with E-state index in [0.717, 1.165) is 0 Å². The first-order chi connectivity index (χ1) is 10.9. The fourth-order valence-electron chi connectivity index (χ4n) is 2.14. The molecule has 0 aliphatic carbocycles. The topological polar surface area (TPSA) is 40.5 Å². The number of hydroxylamine groups is 2. The quantitative estimate of drug-likeness (QED) is 0.676. The molecule has 2 aromatic carbocycles. The molecule has 0 bridgehead atoms. The van der Waals surface area contributed by atoms with Crippen molar-refractivity contribution in [2.24, 2.45) is 0 Å². The third-order valence-corrected chi connectivity index (χ3v) is 3.45. The summed E-state index contributed by atoms with van der Waals surface area (Å²) < 4.78 is 27.6. The predicted molar refractivity (Wildman–Crippen MR) is 84.6 cm³/mol. The van der Waals surface area contributed by atoms with Crippen LogP contribution in [0.25, 0.3) is 17.2 Å². The number of halogens is 2. The first kappa shape index (κ1) is 16.8. The molecule has 0 aromatic heterocycles. The van der Waals surface area contributed by atoms with Gasteiger partial charge in [-0.2, -0.15) is 0 Å². The second-order valence-electron chi connectivity index (χ2n) is 5.18. The van der Waals surface area contributed by atoms with Gasteiger partial charge < -0.3 is 0 Å². The highest BCUT2D eigenvalue weighted by atomic mass is 19.1. The zero-order valence-corrected chi connectivity index (χ0v) is 12.8. The number of rotatable bonds is 4. The standard InChI is InChI=1S/C18H17F2NO2/c1-12(21(23)13(2)22)6-7-15-4-3-5-17(18(15)20)14-8-10-16(19)11-9-14/h3-12,23H,1-2H3/b7-6+/t12-/m0/s1. The van der Waals surface area contributed by atoms with Crippen LogP contribution in [-0.2, 0) is 4.79 Å². The average Bonchev–Trinajstić information content (AvgIpc) is 2.53. The van der Waals surface area contributed by atoms with E-state index >= 15 is 0 Å². The molecule has 3 nitrogen and oxygen atoms in total. The Balaban J connectivity index is 2.29. The van der Waals surface area contributed by atoms with E-state index in [0.29, 0.717) is 21.8 Å². The summed E-state index contributed by atoms with van der Waals surface area (Å²) in [6.45, 7) is 2.85. The second kappa shape index (κ2) is 7.15. The fraction of sp³-hybridized carbons (Fsp3) is 0.167. The predicted octanol–water partition coefficient (Wildman–Crippen LogP) is 4.27. The molecule has 0 saturated carbocycles. The Hall–Kier alpha value is -2.53. The molecular weight excluding hydrogens is 300 g/mol. The minimum Gasteiger partial charge on any atom is -0.285 e. The molecule has 0 heterocycles.